The van der Waals surface area contributed by atoms with Crippen molar-refractivity contribution in [3.05, 3.63) is 81.2 Å². The first-order valence-corrected chi connectivity index (χ1v) is 8.00. The molecule has 0 saturated heterocycles. The average Bonchev–Trinajstić information content (AvgIpc) is 2.60. The number of aromatic amines is 1. The maximum atomic E-state index is 12.8. The summed E-state index contributed by atoms with van der Waals surface area (Å²) < 4.78 is 0. The van der Waals surface area contributed by atoms with Crippen molar-refractivity contribution < 1.29 is 4.79 Å². The van der Waals surface area contributed by atoms with Gasteiger partial charge in [0.15, 0.2) is 0 Å². The summed E-state index contributed by atoms with van der Waals surface area (Å²) in [5.74, 6) is -0.259. The lowest BCUT2D eigenvalue weighted by Crippen LogP contribution is -2.31. The Balaban J connectivity index is 1.97. The maximum absolute atomic E-state index is 12.8. The number of amides is 1. The maximum Gasteiger partial charge on any atom is 0.270 e. The smallest absolute Gasteiger partial charge is 0.270 e. The minimum atomic E-state index is -0.268. The van der Waals surface area contributed by atoms with Crippen LogP contribution in [0.5, 0.6) is 0 Å². The first kappa shape index (κ1) is 16.3. The van der Waals surface area contributed by atoms with Gasteiger partial charge in [-0.05, 0) is 36.1 Å². The normalized spacial score (nSPS) is 12.1. The summed E-state index contributed by atoms with van der Waals surface area (Å²) in [5, 5.41) is 1.91. The summed E-state index contributed by atoms with van der Waals surface area (Å²) in [6.45, 7) is 1.90. The zero-order valence-corrected chi connectivity index (χ0v) is 14.2. The van der Waals surface area contributed by atoms with E-state index in [0.717, 1.165) is 10.9 Å². The fourth-order valence-electron chi connectivity index (χ4n) is 2.71. The number of benzene rings is 2. The Kier molecular flexibility index (Phi) is 4.40. The molecule has 0 fully saturated rings. The molecule has 0 bridgehead atoms. The molecule has 3 rings (SSSR count). The van der Waals surface area contributed by atoms with E-state index in [1.165, 1.54) is 0 Å². The van der Waals surface area contributed by atoms with E-state index < -0.39 is 0 Å². The van der Waals surface area contributed by atoms with E-state index in [4.69, 9.17) is 11.6 Å². The van der Waals surface area contributed by atoms with E-state index in [9.17, 15) is 9.59 Å². The number of pyridine rings is 1. The second-order valence-electron chi connectivity index (χ2n) is 5.71. The summed E-state index contributed by atoms with van der Waals surface area (Å²) in [6, 6.07) is 16.1. The minimum Gasteiger partial charge on any atom is -0.334 e. The second-order valence-corrected chi connectivity index (χ2v) is 6.12. The first-order chi connectivity index (χ1) is 11.5. The van der Waals surface area contributed by atoms with Crippen LogP contribution < -0.4 is 5.56 Å². The van der Waals surface area contributed by atoms with Crippen LogP contribution in [-0.4, -0.2) is 22.8 Å². The van der Waals surface area contributed by atoms with Gasteiger partial charge in [0.2, 0.25) is 0 Å². The summed E-state index contributed by atoms with van der Waals surface area (Å²) in [7, 11) is 1.70. The van der Waals surface area contributed by atoms with E-state index in [1.54, 1.807) is 36.2 Å². The molecule has 2 aromatic carbocycles. The fourth-order valence-corrected chi connectivity index (χ4v) is 3.01. The molecule has 4 nitrogen and oxygen atoms in total. The van der Waals surface area contributed by atoms with Gasteiger partial charge in [0.05, 0.1) is 6.04 Å². The Hall–Kier alpha value is -2.59. The Morgan fingerprint density at radius 3 is 2.54 bits per heavy atom. The van der Waals surface area contributed by atoms with Crippen molar-refractivity contribution in [3.63, 3.8) is 0 Å². The SMILES string of the molecule is C[C@H](c1ccccc1Cl)N(C)C(=O)c1cc2ccccc2c(=O)[nH]1. The van der Waals surface area contributed by atoms with E-state index in [1.807, 2.05) is 37.3 Å². The van der Waals surface area contributed by atoms with Crippen molar-refractivity contribution in [2.45, 2.75) is 13.0 Å². The van der Waals surface area contributed by atoms with E-state index in [0.29, 0.717) is 10.4 Å². The van der Waals surface area contributed by atoms with Crippen molar-refractivity contribution in [1.29, 1.82) is 0 Å². The van der Waals surface area contributed by atoms with Gasteiger partial charge in [0, 0.05) is 17.5 Å². The van der Waals surface area contributed by atoms with Crippen LogP contribution in [0.4, 0.5) is 0 Å². The standard InChI is InChI=1S/C19H17ClN2O2/c1-12(14-8-5-6-10-16(14)20)22(2)19(24)17-11-13-7-3-4-9-15(13)18(23)21-17/h3-12H,1-2H3,(H,21,23)/t12-/m1/s1. The van der Waals surface area contributed by atoms with Crippen LogP contribution in [0, 0.1) is 0 Å². The highest BCUT2D eigenvalue weighted by atomic mass is 35.5. The van der Waals surface area contributed by atoms with Crippen LogP contribution >= 0.6 is 11.6 Å². The number of H-pyrrole nitrogens is 1. The fraction of sp³-hybridized carbons (Fsp3) is 0.158. The molecule has 1 heterocycles. The highest BCUT2D eigenvalue weighted by molar-refractivity contribution is 6.31. The minimum absolute atomic E-state index is 0.221. The molecular weight excluding hydrogens is 324 g/mol. The highest BCUT2D eigenvalue weighted by Crippen LogP contribution is 2.27. The number of nitrogens with one attached hydrogen (secondary N) is 1. The van der Waals surface area contributed by atoms with Gasteiger partial charge in [-0.3, -0.25) is 9.59 Å². The van der Waals surface area contributed by atoms with Crippen molar-refractivity contribution in [2.24, 2.45) is 0 Å². The molecule has 122 valence electrons. The van der Waals surface area contributed by atoms with E-state index >= 15 is 0 Å². The van der Waals surface area contributed by atoms with Gasteiger partial charge in [0.25, 0.3) is 11.5 Å². The molecule has 0 saturated carbocycles. The number of halogens is 1. The van der Waals surface area contributed by atoms with Crippen molar-refractivity contribution >= 4 is 28.3 Å². The van der Waals surface area contributed by atoms with Gasteiger partial charge in [-0.2, -0.15) is 0 Å². The predicted molar refractivity (Wildman–Crippen MR) is 96.5 cm³/mol. The Labute approximate surface area is 144 Å². The molecule has 0 aliphatic heterocycles. The number of carbonyl (C=O) groups is 1. The monoisotopic (exact) mass is 340 g/mol. The molecule has 1 atom stereocenters. The zero-order chi connectivity index (χ0) is 17.3. The summed E-state index contributed by atoms with van der Waals surface area (Å²) >= 11 is 6.22. The quantitative estimate of drug-likeness (QED) is 0.783. The Morgan fingerprint density at radius 2 is 1.79 bits per heavy atom. The van der Waals surface area contributed by atoms with Crippen molar-refractivity contribution in [2.75, 3.05) is 7.05 Å². The largest absolute Gasteiger partial charge is 0.334 e. The van der Waals surface area contributed by atoms with Crippen LogP contribution in [0.25, 0.3) is 10.8 Å². The number of aromatic nitrogens is 1. The third kappa shape index (κ3) is 2.93. The highest BCUT2D eigenvalue weighted by Gasteiger charge is 2.21. The van der Waals surface area contributed by atoms with Crippen LogP contribution in [-0.2, 0) is 0 Å². The Morgan fingerprint density at radius 1 is 1.12 bits per heavy atom. The molecular formula is C19H17ClN2O2. The number of carbonyl (C=O) groups excluding carboxylic acids is 1. The molecule has 0 aliphatic carbocycles. The van der Waals surface area contributed by atoms with Crippen LogP contribution in [0.15, 0.2) is 59.4 Å². The topological polar surface area (TPSA) is 53.2 Å². The molecule has 1 amide bonds. The lowest BCUT2D eigenvalue weighted by molar-refractivity contribution is 0.0736. The molecule has 24 heavy (non-hydrogen) atoms. The van der Waals surface area contributed by atoms with E-state index in [2.05, 4.69) is 4.98 Å². The van der Waals surface area contributed by atoms with Crippen LogP contribution in [0.3, 0.4) is 0 Å². The number of hydrogen-bond donors (Lipinski definition) is 1. The first-order valence-electron chi connectivity index (χ1n) is 7.62. The lowest BCUT2D eigenvalue weighted by atomic mass is 10.1. The molecule has 3 aromatic rings. The summed E-state index contributed by atoms with van der Waals surface area (Å²) in [5.41, 5.74) is 0.855. The number of fused-ring (bicyclic) bond motifs is 1. The second kappa shape index (κ2) is 6.49. The van der Waals surface area contributed by atoms with Crippen molar-refractivity contribution in [3.8, 4) is 0 Å². The number of rotatable bonds is 3. The van der Waals surface area contributed by atoms with Gasteiger partial charge < -0.3 is 9.88 Å². The predicted octanol–water partition coefficient (Wildman–Crippen LogP) is 4.01. The molecule has 1 aromatic heterocycles. The van der Waals surface area contributed by atoms with E-state index in [-0.39, 0.29) is 23.2 Å². The lowest BCUT2D eigenvalue weighted by Gasteiger charge is -2.26. The summed E-state index contributed by atoms with van der Waals surface area (Å²) in [6.07, 6.45) is 0. The van der Waals surface area contributed by atoms with Gasteiger partial charge in [-0.25, -0.2) is 0 Å². The number of nitrogens with zero attached hydrogens (tertiary/aromatic N) is 1. The molecule has 5 heteroatoms. The Bertz CT molecular complexity index is 965. The van der Waals surface area contributed by atoms with Crippen molar-refractivity contribution in [1.82, 2.24) is 9.88 Å². The third-order valence-electron chi connectivity index (χ3n) is 4.24. The van der Waals surface area contributed by atoms with Gasteiger partial charge >= 0.3 is 0 Å². The van der Waals surface area contributed by atoms with Gasteiger partial charge in [0.1, 0.15) is 5.69 Å². The molecule has 0 aliphatic rings. The van der Waals surface area contributed by atoms with Gasteiger partial charge in [-0.15, -0.1) is 0 Å². The molecule has 1 N–H and O–H groups in total. The average molecular weight is 341 g/mol. The van der Waals surface area contributed by atoms with Crippen LogP contribution in [0.1, 0.15) is 29.0 Å². The summed E-state index contributed by atoms with van der Waals surface area (Å²) in [4.78, 5) is 29.2. The molecule has 0 unspecified atom stereocenters. The van der Waals surface area contributed by atoms with Gasteiger partial charge in [-0.1, -0.05) is 48.0 Å². The number of hydrogen-bond acceptors (Lipinski definition) is 2. The third-order valence-corrected chi connectivity index (χ3v) is 4.58. The van der Waals surface area contributed by atoms with Crippen LogP contribution in [0.2, 0.25) is 5.02 Å². The molecule has 0 spiro atoms. The zero-order valence-electron chi connectivity index (χ0n) is 13.4. The molecule has 0 radical (unpaired) electrons.